The summed E-state index contributed by atoms with van der Waals surface area (Å²) in [6.45, 7) is 1.92. The van der Waals surface area contributed by atoms with Gasteiger partial charge in [-0.1, -0.05) is 17.7 Å². The van der Waals surface area contributed by atoms with Crippen LogP contribution in [0.3, 0.4) is 0 Å². The summed E-state index contributed by atoms with van der Waals surface area (Å²) in [7, 11) is 0. The molecule has 2 rings (SSSR count). The zero-order valence-corrected chi connectivity index (χ0v) is 9.95. The Kier molecular flexibility index (Phi) is 3.54. The predicted molar refractivity (Wildman–Crippen MR) is 65.5 cm³/mol. The topological polar surface area (TPSA) is 37.8 Å². The number of hydrogen-bond donors (Lipinski definition) is 1. The van der Waals surface area contributed by atoms with Gasteiger partial charge in [0.2, 0.25) is 0 Å². The van der Waals surface area contributed by atoms with Gasteiger partial charge in [0, 0.05) is 17.4 Å². The van der Waals surface area contributed by atoms with Crippen LogP contribution in [-0.2, 0) is 0 Å². The van der Waals surface area contributed by atoms with Crippen LogP contribution < -0.4 is 5.32 Å². The Bertz CT molecular complexity index is 504. The van der Waals surface area contributed by atoms with Crippen molar-refractivity contribution < 1.29 is 4.39 Å². The first-order valence-electron chi connectivity index (χ1n) is 5.14. The smallest absolute Gasteiger partial charge is 0.144 e. The quantitative estimate of drug-likeness (QED) is 0.908. The van der Waals surface area contributed by atoms with Crippen molar-refractivity contribution in [2.45, 2.75) is 13.0 Å². The first-order chi connectivity index (χ1) is 8.16. The van der Waals surface area contributed by atoms with E-state index in [1.54, 1.807) is 24.7 Å². The van der Waals surface area contributed by atoms with E-state index >= 15 is 0 Å². The molecule has 0 saturated heterocycles. The van der Waals surface area contributed by atoms with Gasteiger partial charge in [-0.05, 0) is 24.6 Å². The van der Waals surface area contributed by atoms with Crippen molar-refractivity contribution in [3.8, 4) is 0 Å². The van der Waals surface area contributed by atoms with Crippen LogP contribution in [0, 0.1) is 5.82 Å². The third-order valence-corrected chi connectivity index (χ3v) is 2.68. The molecule has 0 saturated carbocycles. The summed E-state index contributed by atoms with van der Waals surface area (Å²) in [6.07, 6.45) is 4.82. The molecular formula is C12H11ClFN3. The fraction of sp³-hybridized carbons (Fsp3) is 0.167. The molecule has 1 heterocycles. The van der Waals surface area contributed by atoms with Gasteiger partial charge in [0.1, 0.15) is 11.6 Å². The number of halogens is 2. The molecule has 1 aromatic heterocycles. The Morgan fingerprint density at radius 3 is 2.82 bits per heavy atom. The monoisotopic (exact) mass is 251 g/mol. The molecule has 5 heteroatoms. The molecule has 3 nitrogen and oxygen atoms in total. The van der Waals surface area contributed by atoms with E-state index in [-0.39, 0.29) is 11.9 Å². The molecule has 0 aliphatic heterocycles. The molecule has 1 unspecified atom stereocenters. The second-order valence-electron chi connectivity index (χ2n) is 3.62. The number of aromatic nitrogens is 2. The van der Waals surface area contributed by atoms with E-state index < -0.39 is 0 Å². The van der Waals surface area contributed by atoms with Gasteiger partial charge in [0.25, 0.3) is 0 Å². The lowest BCUT2D eigenvalue weighted by atomic mass is 10.1. The summed E-state index contributed by atoms with van der Waals surface area (Å²) in [4.78, 5) is 8.05. The molecular weight excluding hydrogens is 241 g/mol. The highest BCUT2D eigenvalue weighted by molar-refractivity contribution is 6.31. The molecule has 0 spiro atoms. The minimum Gasteiger partial charge on any atom is -0.362 e. The largest absolute Gasteiger partial charge is 0.362 e. The Labute approximate surface area is 104 Å². The third kappa shape index (κ3) is 2.91. The highest BCUT2D eigenvalue weighted by atomic mass is 35.5. The van der Waals surface area contributed by atoms with Crippen molar-refractivity contribution in [1.82, 2.24) is 9.97 Å². The molecule has 0 aliphatic rings. The molecule has 0 bridgehead atoms. The maximum absolute atomic E-state index is 12.9. The van der Waals surface area contributed by atoms with Crippen molar-refractivity contribution >= 4 is 17.4 Å². The van der Waals surface area contributed by atoms with Crippen molar-refractivity contribution in [1.29, 1.82) is 0 Å². The summed E-state index contributed by atoms with van der Waals surface area (Å²) < 4.78 is 12.9. The van der Waals surface area contributed by atoms with Crippen molar-refractivity contribution in [2.75, 3.05) is 5.32 Å². The van der Waals surface area contributed by atoms with Gasteiger partial charge in [0.05, 0.1) is 12.2 Å². The average molecular weight is 252 g/mol. The van der Waals surface area contributed by atoms with Gasteiger partial charge in [-0.15, -0.1) is 0 Å². The van der Waals surface area contributed by atoms with Crippen molar-refractivity contribution in [3.05, 3.63) is 53.2 Å². The summed E-state index contributed by atoms with van der Waals surface area (Å²) in [6, 6.07) is 4.27. The van der Waals surface area contributed by atoms with E-state index in [0.717, 1.165) is 5.56 Å². The second kappa shape index (κ2) is 5.10. The fourth-order valence-electron chi connectivity index (χ4n) is 1.53. The number of nitrogens with one attached hydrogen (secondary N) is 1. The summed E-state index contributed by atoms with van der Waals surface area (Å²) in [5.74, 6) is 0.311. The molecule has 17 heavy (non-hydrogen) atoms. The highest BCUT2D eigenvalue weighted by Crippen LogP contribution is 2.25. The zero-order valence-electron chi connectivity index (χ0n) is 9.19. The molecule has 1 aromatic carbocycles. The molecule has 0 radical (unpaired) electrons. The molecule has 0 amide bonds. The highest BCUT2D eigenvalue weighted by Gasteiger charge is 2.10. The molecule has 0 aliphatic carbocycles. The minimum absolute atomic E-state index is 0.0696. The maximum Gasteiger partial charge on any atom is 0.144 e. The number of rotatable bonds is 3. The minimum atomic E-state index is -0.342. The Morgan fingerprint density at radius 1 is 1.35 bits per heavy atom. The summed E-state index contributed by atoms with van der Waals surface area (Å²) >= 11 is 5.97. The fourth-order valence-corrected chi connectivity index (χ4v) is 1.86. The average Bonchev–Trinajstić information content (AvgIpc) is 2.30. The van der Waals surface area contributed by atoms with Crippen LogP contribution in [0.15, 0.2) is 36.8 Å². The Balaban J connectivity index is 2.17. The lowest BCUT2D eigenvalue weighted by Gasteiger charge is -2.15. The number of nitrogens with zero attached hydrogens (tertiary/aromatic N) is 2. The van der Waals surface area contributed by atoms with Gasteiger partial charge in [-0.3, -0.25) is 4.98 Å². The van der Waals surface area contributed by atoms with E-state index in [2.05, 4.69) is 15.3 Å². The number of hydrogen-bond acceptors (Lipinski definition) is 3. The normalized spacial score (nSPS) is 12.2. The van der Waals surface area contributed by atoms with E-state index in [0.29, 0.717) is 10.8 Å². The van der Waals surface area contributed by atoms with E-state index in [9.17, 15) is 4.39 Å². The van der Waals surface area contributed by atoms with Crippen LogP contribution in [0.2, 0.25) is 5.02 Å². The molecule has 0 fully saturated rings. The predicted octanol–water partition coefficient (Wildman–Crippen LogP) is 3.44. The van der Waals surface area contributed by atoms with Crippen LogP contribution in [0.4, 0.5) is 10.2 Å². The molecule has 1 N–H and O–H groups in total. The summed E-state index contributed by atoms with van der Waals surface area (Å²) in [5.41, 5.74) is 0.818. The van der Waals surface area contributed by atoms with E-state index in [1.165, 1.54) is 12.1 Å². The zero-order chi connectivity index (χ0) is 12.3. The Morgan fingerprint density at radius 2 is 2.18 bits per heavy atom. The van der Waals surface area contributed by atoms with Gasteiger partial charge in [0.15, 0.2) is 0 Å². The lowest BCUT2D eigenvalue weighted by Crippen LogP contribution is -2.08. The van der Waals surface area contributed by atoms with Gasteiger partial charge < -0.3 is 5.32 Å². The summed E-state index contributed by atoms with van der Waals surface area (Å²) in [5, 5.41) is 3.54. The van der Waals surface area contributed by atoms with Gasteiger partial charge in [-0.2, -0.15) is 0 Å². The maximum atomic E-state index is 12.9. The Hall–Kier alpha value is -1.68. The standard InChI is InChI=1S/C12H11ClFN3/c1-8(17-12-7-15-4-5-16-12)10-3-2-9(14)6-11(10)13/h2-8H,1H3,(H,16,17). The van der Waals surface area contributed by atoms with Crippen LogP contribution in [0.1, 0.15) is 18.5 Å². The van der Waals surface area contributed by atoms with Gasteiger partial charge >= 0.3 is 0 Å². The molecule has 2 aromatic rings. The number of benzene rings is 1. The SMILES string of the molecule is CC(Nc1cnccn1)c1ccc(F)cc1Cl. The third-order valence-electron chi connectivity index (χ3n) is 2.36. The van der Waals surface area contributed by atoms with Crippen LogP contribution in [0.25, 0.3) is 0 Å². The lowest BCUT2D eigenvalue weighted by molar-refractivity contribution is 0.626. The van der Waals surface area contributed by atoms with Crippen molar-refractivity contribution in [2.24, 2.45) is 0 Å². The second-order valence-corrected chi connectivity index (χ2v) is 4.03. The first-order valence-corrected chi connectivity index (χ1v) is 5.52. The van der Waals surface area contributed by atoms with Gasteiger partial charge in [-0.25, -0.2) is 9.37 Å². The van der Waals surface area contributed by atoms with Crippen molar-refractivity contribution in [3.63, 3.8) is 0 Å². The number of anilines is 1. The van der Waals surface area contributed by atoms with Crippen LogP contribution in [-0.4, -0.2) is 9.97 Å². The van der Waals surface area contributed by atoms with E-state index in [4.69, 9.17) is 11.6 Å². The molecule has 1 atom stereocenters. The first kappa shape index (κ1) is 11.8. The molecule has 88 valence electrons. The van der Waals surface area contributed by atoms with E-state index in [1.807, 2.05) is 6.92 Å². The van der Waals surface area contributed by atoms with Crippen LogP contribution in [0.5, 0.6) is 0 Å². The van der Waals surface area contributed by atoms with Crippen LogP contribution >= 0.6 is 11.6 Å².